The van der Waals surface area contributed by atoms with Gasteiger partial charge in [-0.3, -0.25) is 9.69 Å². The average molecular weight is 452 g/mol. The Labute approximate surface area is 162 Å². The SMILES string of the molecule is O=C(CCN1CCN(Cc2ccccc2F)CC1)c1ccc(I)cc1. The molecule has 2 aromatic carbocycles. The highest BCUT2D eigenvalue weighted by molar-refractivity contribution is 14.1. The van der Waals surface area contributed by atoms with Crippen LogP contribution in [-0.2, 0) is 6.54 Å². The van der Waals surface area contributed by atoms with Crippen LogP contribution in [-0.4, -0.2) is 48.3 Å². The molecule has 0 saturated carbocycles. The molecule has 0 spiro atoms. The molecule has 3 nitrogen and oxygen atoms in total. The summed E-state index contributed by atoms with van der Waals surface area (Å²) in [5.41, 5.74) is 1.54. The Bertz CT molecular complexity index is 712. The number of hydrogen-bond donors (Lipinski definition) is 0. The minimum Gasteiger partial charge on any atom is -0.300 e. The summed E-state index contributed by atoms with van der Waals surface area (Å²) in [6, 6.07) is 14.7. The smallest absolute Gasteiger partial charge is 0.164 e. The zero-order chi connectivity index (χ0) is 17.6. The molecule has 1 saturated heterocycles. The van der Waals surface area contributed by atoms with Gasteiger partial charge in [0.05, 0.1) is 0 Å². The van der Waals surface area contributed by atoms with E-state index in [9.17, 15) is 9.18 Å². The lowest BCUT2D eigenvalue weighted by atomic mass is 10.1. The topological polar surface area (TPSA) is 23.6 Å². The first kappa shape index (κ1) is 18.5. The molecule has 3 rings (SSSR count). The molecule has 0 N–H and O–H groups in total. The van der Waals surface area contributed by atoms with Crippen LogP contribution in [0.2, 0.25) is 0 Å². The third-order valence-corrected chi connectivity index (χ3v) is 5.36. The van der Waals surface area contributed by atoms with Crippen molar-refractivity contribution in [3.8, 4) is 0 Å². The van der Waals surface area contributed by atoms with E-state index in [0.29, 0.717) is 13.0 Å². The molecule has 0 aromatic heterocycles. The zero-order valence-corrected chi connectivity index (χ0v) is 16.3. The van der Waals surface area contributed by atoms with Crippen LogP contribution < -0.4 is 0 Å². The normalized spacial score (nSPS) is 16.1. The molecule has 0 unspecified atom stereocenters. The van der Waals surface area contributed by atoms with Crippen molar-refractivity contribution >= 4 is 28.4 Å². The van der Waals surface area contributed by atoms with E-state index >= 15 is 0 Å². The van der Waals surface area contributed by atoms with Crippen LogP contribution in [0.1, 0.15) is 22.3 Å². The molecule has 25 heavy (non-hydrogen) atoms. The number of benzene rings is 2. The van der Waals surface area contributed by atoms with Crippen molar-refractivity contribution in [1.82, 2.24) is 9.80 Å². The molecule has 1 fully saturated rings. The van der Waals surface area contributed by atoms with Crippen LogP contribution in [0.25, 0.3) is 0 Å². The third kappa shape index (κ3) is 5.33. The molecular weight excluding hydrogens is 430 g/mol. The van der Waals surface area contributed by atoms with Crippen molar-refractivity contribution in [2.75, 3.05) is 32.7 Å². The summed E-state index contributed by atoms with van der Waals surface area (Å²) in [6.45, 7) is 5.11. The molecule has 0 aliphatic carbocycles. The maximum atomic E-state index is 13.7. The summed E-state index contributed by atoms with van der Waals surface area (Å²) in [6.07, 6.45) is 0.550. The maximum absolute atomic E-state index is 13.7. The van der Waals surface area contributed by atoms with Crippen molar-refractivity contribution in [3.63, 3.8) is 0 Å². The van der Waals surface area contributed by atoms with Crippen molar-refractivity contribution < 1.29 is 9.18 Å². The van der Waals surface area contributed by atoms with Crippen LogP contribution in [0.15, 0.2) is 48.5 Å². The standard InChI is InChI=1S/C20H22FIN2O/c21-19-4-2-1-3-17(19)15-24-13-11-23(12-14-24)10-9-20(25)16-5-7-18(22)8-6-16/h1-8H,9-15H2. The van der Waals surface area contributed by atoms with Crippen LogP contribution in [0.4, 0.5) is 4.39 Å². The van der Waals surface area contributed by atoms with Gasteiger partial charge in [-0.1, -0.05) is 30.3 Å². The number of nitrogens with zero attached hydrogens (tertiary/aromatic N) is 2. The summed E-state index contributed by atoms with van der Waals surface area (Å²) in [7, 11) is 0. The van der Waals surface area contributed by atoms with Gasteiger partial charge in [-0.25, -0.2) is 4.39 Å². The van der Waals surface area contributed by atoms with Gasteiger partial charge in [0.2, 0.25) is 0 Å². The van der Waals surface area contributed by atoms with Crippen LogP contribution in [0, 0.1) is 9.39 Å². The molecular formula is C20H22FIN2O. The fraction of sp³-hybridized carbons (Fsp3) is 0.350. The summed E-state index contributed by atoms with van der Waals surface area (Å²) in [4.78, 5) is 16.9. The van der Waals surface area contributed by atoms with E-state index in [1.54, 1.807) is 6.07 Å². The highest BCUT2D eigenvalue weighted by Crippen LogP contribution is 2.13. The lowest BCUT2D eigenvalue weighted by molar-refractivity contribution is 0.0921. The second kappa shape index (κ2) is 8.87. The predicted molar refractivity (Wildman–Crippen MR) is 106 cm³/mol. The van der Waals surface area contributed by atoms with Gasteiger partial charge in [0.25, 0.3) is 0 Å². The van der Waals surface area contributed by atoms with Crippen LogP contribution in [0.3, 0.4) is 0 Å². The average Bonchev–Trinajstić information content (AvgIpc) is 2.63. The van der Waals surface area contributed by atoms with Gasteiger partial charge in [0, 0.05) is 60.4 Å². The lowest BCUT2D eigenvalue weighted by Crippen LogP contribution is -2.46. The molecule has 0 bridgehead atoms. The molecule has 0 amide bonds. The minimum atomic E-state index is -0.131. The van der Waals surface area contributed by atoms with Crippen LogP contribution in [0.5, 0.6) is 0 Å². The Morgan fingerprint density at radius 3 is 2.28 bits per heavy atom. The van der Waals surface area contributed by atoms with Gasteiger partial charge in [-0.2, -0.15) is 0 Å². The zero-order valence-electron chi connectivity index (χ0n) is 14.1. The molecule has 0 radical (unpaired) electrons. The quantitative estimate of drug-likeness (QED) is 0.492. The van der Waals surface area contributed by atoms with Gasteiger partial charge in [0.1, 0.15) is 5.82 Å². The summed E-state index contributed by atoms with van der Waals surface area (Å²) >= 11 is 2.24. The first-order chi connectivity index (χ1) is 12.1. The van der Waals surface area contributed by atoms with E-state index in [2.05, 4.69) is 32.4 Å². The van der Waals surface area contributed by atoms with Crippen molar-refractivity contribution in [2.24, 2.45) is 0 Å². The minimum absolute atomic E-state index is 0.131. The number of ketones is 1. The fourth-order valence-corrected chi connectivity index (χ4v) is 3.44. The van der Waals surface area contributed by atoms with E-state index in [1.165, 1.54) is 6.07 Å². The van der Waals surface area contributed by atoms with Crippen LogP contribution >= 0.6 is 22.6 Å². The number of hydrogen-bond acceptors (Lipinski definition) is 3. The van der Waals surface area contributed by atoms with Gasteiger partial charge in [-0.05, 0) is 40.8 Å². The molecule has 0 atom stereocenters. The van der Waals surface area contributed by atoms with E-state index in [4.69, 9.17) is 0 Å². The predicted octanol–water partition coefficient (Wildman–Crippen LogP) is 3.82. The molecule has 5 heteroatoms. The number of Topliss-reactive ketones (excluding diaryl/α,β-unsaturated/α-hetero) is 1. The molecule has 1 heterocycles. The Morgan fingerprint density at radius 1 is 0.960 bits per heavy atom. The first-order valence-electron chi connectivity index (χ1n) is 8.59. The van der Waals surface area contributed by atoms with E-state index in [-0.39, 0.29) is 11.6 Å². The lowest BCUT2D eigenvalue weighted by Gasteiger charge is -2.34. The van der Waals surface area contributed by atoms with Gasteiger partial charge >= 0.3 is 0 Å². The van der Waals surface area contributed by atoms with Gasteiger partial charge in [-0.15, -0.1) is 0 Å². The number of piperazine rings is 1. The summed E-state index contributed by atoms with van der Waals surface area (Å²) in [5, 5.41) is 0. The Morgan fingerprint density at radius 2 is 1.60 bits per heavy atom. The van der Waals surface area contributed by atoms with Crippen molar-refractivity contribution in [2.45, 2.75) is 13.0 Å². The van der Waals surface area contributed by atoms with Gasteiger partial charge in [0.15, 0.2) is 5.78 Å². The molecule has 2 aromatic rings. The molecule has 1 aliphatic rings. The molecule has 132 valence electrons. The highest BCUT2D eigenvalue weighted by atomic mass is 127. The van der Waals surface area contributed by atoms with Crippen molar-refractivity contribution in [1.29, 1.82) is 0 Å². The number of rotatable bonds is 6. The largest absolute Gasteiger partial charge is 0.300 e. The van der Waals surface area contributed by atoms with E-state index in [0.717, 1.165) is 47.4 Å². The Hall–Kier alpha value is -1.31. The van der Waals surface area contributed by atoms with E-state index in [1.807, 2.05) is 36.4 Å². The number of carbonyl (C=O) groups is 1. The van der Waals surface area contributed by atoms with Gasteiger partial charge < -0.3 is 4.90 Å². The summed E-state index contributed by atoms with van der Waals surface area (Å²) in [5.74, 6) is 0.0678. The first-order valence-corrected chi connectivity index (χ1v) is 9.66. The second-order valence-corrected chi connectivity index (χ2v) is 7.63. The Kier molecular flexibility index (Phi) is 6.56. The number of carbonyl (C=O) groups excluding carboxylic acids is 1. The summed E-state index contributed by atoms with van der Waals surface area (Å²) < 4.78 is 14.9. The fourth-order valence-electron chi connectivity index (χ4n) is 3.08. The second-order valence-electron chi connectivity index (χ2n) is 6.39. The van der Waals surface area contributed by atoms with Crippen molar-refractivity contribution in [3.05, 3.63) is 69.0 Å². The highest BCUT2D eigenvalue weighted by Gasteiger charge is 2.18. The maximum Gasteiger partial charge on any atom is 0.164 e. The molecule has 1 aliphatic heterocycles. The third-order valence-electron chi connectivity index (χ3n) is 4.64. The Balaban J connectivity index is 1.43. The van der Waals surface area contributed by atoms with E-state index < -0.39 is 0 Å². The monoisotopic (exact) mass is 452 g/mol. The number of halogens is 2.